The highest BCUT2D eigenvalue weighted by Gasteiger charge is 2.48. The lowest BCUT2D eigenvalue weighted by Gasteiger charge is -2.38. The van der Waals surface area contributed by atoms with E-state index in [0.717, 1.165) is 37.8 Å². The highest BCUT2D eigenvalue weighted by Crippen LogP contribution is 2.25. The van der Waals surface area contributed by atoms with Crippen molar-refractivity contribution in [3.05, 3.63) is 24.3 Å². The molecule has 2 fully saturated rings. The molecular formula is C21H30N6O4. The van der Waals surface area contributed by atoms with Crippen LogP contribution in [0.1, 0.15) is 6.42 Å². The van der Waals surface area contributed by atoms with Gasteiger partial charge in [0.05, 0.1) is 13.7 Å². The zero-order chi connectivity index (χ0) is 22.0. The first-order valence-corrected chi connectivity index (χ1v) is 10.6. The fourth-order valence-electron chi connectivity index (χ4n) is 4.38. The number of piperazine rings is 1. The first-order valence-electron chi connectivity index (χ1n) is 10.6. The minimum Gasteiger partial charge on any atom is -0.497 e. The Hall–Kier alpha value is -2.85. The molecule has 31 heavy (non-hydrogen) atoms. The van der Waals surface area contributed by atoms with E-state index in [4.69, 9.17) is 9.73 Å². The topological polar surface area (TPSA) is 101 Å². The number of carbonyl (C=O) groups is 2. The van der Waals surface area contributed by atoms with Crippen LogP contribution in [0.25, 0.3) is 0 Å². The monoisotopic (exact) mass is 430 g/mol. The number of aliphatic hydroxyl groups is 1. The van der Waals surface area contributed by atoms with Gasteiger partial charge in [-0.1, -0.05) is 0 Å². The average molecular weight is 431 g/mol. The summed E-state index contributed by atoms with van der Waals surface area (Å²) in [5, 5.41) is 11.7. The molecule has 3 aliphatic rings. The number of imide groups is 1. The molecular weight excluding hydrogens is 400 g/mol. The van der Waals surface area contributed by atoms with Crippen molar-refractivity contribution < 1.29 is 19.4 Å². The van der Waals surface area contributed by atoms with Crippen LogP contribution in [-0.2, 0) is 4.79 Å². The predicted octanol–water partition coefficient (Wildman–Crippen LogP) is -0.210. The van der Waals surface area contributed by atoms with Gasteiger partial charge < -0.3 is 24.5 Å². The Balaban J connectivity index is 1.41. The Morgan fingerprint density at radius 2 is 1.87 bits per heavy atom. The van der Waals surface area contributed by atoms with Gasteiger partial charge >= 0.3 is 6.03 Å². The summed E-state index contributed by atoms with van der Waals surface area (Å²) in [6.45, 7) is 4.70. The lowest BCUT2D eigenvalue weighted by atomic mass is 10.1. The lowest BCUT2D eigenvalue weighted by molar-refractivity contribution is -0.127. The SMILES string of the molecule is COc1ccc(N2CCN(CC3=NC4C(C(=O)NC(=O)N4C)N3CCCO)CC2)cc1. The van der Waals surface area contributed by atoms with E-state index in [0.29, 0.717) is 19.5 Å². The molecule has 10 nitrogen and oxygen atoms in total. The molecule has 2 unspecified atom stereocenters. The van der Waals surface area contributed by atoms with Gasteiger partial charge in [-0.2, -0.15) is 0 Å². The van der Waals surface area contributed by atoms with E-state index >= 15 is 0 Å². The Kier molecular flexibility index (Phi) is 6.28. The third-order valence-electron chi connectivity index (χ3n) is 6.18. The lowest BCUT2D eigenvalue weighted by Crippen LogP contribution is -2.64. The summed E-state index contributed by atoms with van der Waals surface area (Å²) in [4.78, 5) is 37.4. The number of methoxy groups -OCH3 is 1. The molecule has 0 bridgehead atoms. The maximum atomic E-state index is 12.5. The van der Waals surface area contributed by atoms with Crippen molar-refractivity contribution in [2.75, 3.05) is 64.9 Å². The zero-order valence-electron chi connectivity index (χ0n) is 18.0. The third kappa shape index (κ3) is 4.31. The van der Waals surface area contributed by atoms with Gasteiger partial charge in [0.1, 0.15) is 11.6 Å². The molecule has 0 aromatic heterocycles. The van der Waals surface area contributed by atoms with E-state index in [2.05, 4.69) is 27.2 Å². The van der Waals surface area contributed by atoms with E-state index < -0.39 is 18.2 Å². The molecule has 0 saturated carbocycles. The number of rotatable bonds is 7. The fourth-order valence-corrected chi connectivity index (χ4v) is 4.38. The Bertz CT molecular complexity index is 837. The summed E-state index contributed by atoms with van der Waals surface area (Å²) in [6, 6.07) is 7.12. The molecule has 2 saturated heterocycles. The fraction of sp³-hybridized carbons (Fsp3) is 0.571. The normalized spacial score (nSPS) is 24.2. The predicted molar refractivity (Wildman–Crippen MR) is 116 cm³/mol. The van der Waals surface area contributed by atoms with Crippen LogP contribution in [-0.4, -0.2) is 110 Å². The molecule has 2 atom stereocenters. The van der Waals surface area contributed by atoms with Crippen LogP contribution in [0, 0.1) is 0 Å². The van der Waals surface area contributed by atoms with Gasteiger partial charge in [0, 0.05) is 52.1 Å². The van der Waals surface area contributed by atoms with Crippen molar-refractivity contribution in [2.45, 2.75) is 18.6 Å². The number of ether oxygens (including phenoxy) is 1. The highest BCUT2D eigenvalue weighted by molar-refractivity contribution is 6.04. The Labute approximate surface area is 182 Å². The van der Waals surface area contributed by atoms with Gasteiger partial charge in [0.2, 0.25) is 0 Å². The second kappa shape index (κ2) is 9.11. The molecule has 0 spiro atoms. The smallest absolute Gasteiger partial charge is 0.325 e. The number of amides is 3. The number of carbonyl (C=O) groups excluding carboxylic acids is 2. The van der Waals surface area contributed by atoms with Crippen molar-refractivity contribution in [3.63, 3.8) is 0 Å². The number of aliphatic hydroxyl groups excluding tert-OH is 1. The minimum atomic E-state index is -0.537. The maximum absolute atomic E-state index is 12.5. The number of anilines is 1. The molecule has 0 radical (unpaired) electrons. The van der Waals surface area contributed by atoms with Gasteiger partial charge in [-0.25, -0.2) is 9.79 Å². The van der Waals surface area contributed by atoms with Crippen LogP contribution < -0.4 is 15.0 Å². The number of fused-ring (bicyclic) bond motifs is 1. The summed E-state index contributed by atoms with van der Waals surface area (Å²) in [5.74, 6) is 1.32. The van der Waals surface area contributed by atoms with Crippen LogP contribution in [0.4, 0.5) is 10.5 Å². The molecule has 3 amide bonds. The summed E-state index contributed by atoms with van der Waals surface area (Å²) < 4.78 is 5.23. The van der Waals surface area contributed by atoms with Gasteiger partial charge in [-0.15, -0.1) is 0 Å². The summed E-state index contributed by atoms with van der Waals surface area (Å²) >= 11 is 0. The maximum Gasteiger partial charge on any atom is 0.325 e. The van der Waals surface area contributed by atoms with E-state index in [9.17, 15) is 14.7 Å². The molecule has 0 aliphatic carbocycles. The summed E-state index contributed by atoms with van der Waals surface area (Å²) in [7, 11) is 3.32. The van der Waals surface area contributed by atoms with Crippen LogP contribution in [0.3, 0.4) is 0 Å². The number of hydrogen-bond acceptors (Lipinski definition) is 8. The molecule has 3 aliphatic heterocycles. The largest absolute Gasteiger partial charge is 0.497 e. The van der Waals surface area contributed by atoms with Gasteiger partial charge in [-0.05, 0) is 30.7 Å². The van der Waals surface area contributed by atoms with E-state index in [1.807, 2.05) is 17.0 Å². The molecule has 2 N–H and O–H groups in total. The summed E-state index contributed by atoms with van der Waals surface area (Å²) in [6.07, 6.45) is 0.0221. The van der Waals surface area contributed by atoms with E-state index in [1.54, 1.807) is 14.2 Å². The highest BCUT2D eigenvalue weighted by atomic mass is 16.5. The average Bonchev–Trinajstić information content (AvgIpc) is 3.15. The van der Waals surface area contributed by atoms with Crippen molar-refractivity contribution in [1.82, 2.24) is 20.0 Å². The van der Waals surface area contributed by atoms with Crippen molar-refractivity contribution in [3.8, 4) is 5.75 Å². The number of benzene rings is 1. The number of nitrogens with one attached hydrogen (secondary N) is 1. The van der Waals surface area contributed by atoms with Gasteiger partial charge in [-0.3, -0.25) is 15.0 Å². The number of likely N-dealkylation sites (N-methyl/N-ethyl adjacent to an activating group) is 1. The van der Waals surface area contributed by atoms with Crippen LogP contribution in [0.5, 0.6) is 5.75 Å². The van der Waals surface area contributed by atoms with Crippen LogP contribution in [0.2, 0.25) is 0 Å². The number of hydrogen-bond donors (Lipinski definition) is 2. The van der Waals surface area contributed by atoms with Crippen molar-refractivity contribution >= 4 is 23.5 Å². The second-order valence-corrected chi connectivity index (χ2v) is 8.04. The third-order valence-corrected chi connectivity index (χ3v) is 6.18. The second-order valence-electron chi connectivity index (χ2n) is 8.04. The van der Waals surface area contributed by atoms with Crippen LogP contribution in [0.15, 0.2) is 29.3 Å². The number of amidine groups is 1. The van der Waals surface area contributed by atoms with Gasteiger partial charge in [0.15, 0.2) is 12.2 Å². The van der Waals surface area contributed by atoms with Crippen molar-refractivity contribution in [2.24, 2.45) is 4.99 Å². The van der Waals surface area contributed by atoms with Gasteiger partial charge in [0.25, 0.3) is 5.91 Å². The molecule has 3 heterocycles. The Morgan fingerprint density at radius 1 is 1.16 bits per heavy atom. The number of aliphatic imine (C=N–C) groups is 1. The number of urea groups is 1. The van der Waals surface area contributed by atoms with Crippen molar-refractivity contribution in [1.29, 1.82) is 0 Å². The quantitative estimate of drug-likeness (QED) is 0.617. The summed E-state index contributed by atoms with van der Waals surface area (Å²) in [5.41, 5.74) is 1.17. The standard InChI is InChI=1S/C21H30N6O4/c1-24-19-18(20(29)23-21(24)30)27(8-3-13-28)17(22-19)14-25-9-11-26(12-10-25)15-4-6-16(31-2)7-5-15/h4-7,18-19,28H,3,8-14H2,1-2H3,(H,23,29,30). The molecule has 1 aromatic carbocycles. The van der Waals surface area contributed by atoms with E-state index in [1.165, 1.54) is 10.6 Å². The van der Waals surface area contributed by atoms with Crippen LogP contribution >= 0.6 is 0 Å². The molecule has 10 heteroatoms. The van der Waals surface area contributed by atoms with E-state index in [-0.39, 0.29) is 12.5 Å². The minimum absolute atomic E-state index is 0.0398. The first-order chi connectivity index (χ1) is 15.0. The molecule has 4 rings (SSSR count). The molecule has 1 aromatic rings. The number of nitrogens with zero attached hydrogens (tertiary/aromatic N) is 5. The Morgan fingerprint density at radius 3 is 2.52 bits per heavy atom. The zero-order valence-corrected chi connectivity index (χ0v) is 18.0. The first kappa shape index (κ1) is 21.4. The molecule has 168 valence electrons.